The molecule has 1 amide bonds. The first-order valence-corrected chi connectivity index (χ1v) is 6.66. The molecule has 0 fully saturated rings. The van der Waals surface area contributed by atoms with E-state index in [1.165, 1.54) is 0 Å². The Morgan fingerprint density at radius 3 is 3.00 bits per heavy atom. The number of para-hydroxylation sites is 1. The van der Waals surface area contributed by atoms with Gasteiger partial charge in [-0.1, -0.05) is 18.2 Å². The second kappa shape index (κ2) is 5.75. The van der Waals surface area contributed by atoms with Gasteiger partial charge in [0.15, 0.2) is 0 Å². The van der Waals surface area contributed by atoms with Gasteiger partial charge in [-0.05, 0) is 29.8 Å². The van der Waals surface area contributed by atoms with Gasteiger partial charge in [0, 0.05) is 31.4 Å². The summed E-state index contributed by atoms with van der Waals surface area (Å²) in [6.07, 6.45) is 4.85. The van der Waals surface area contributed by atoms with E-state index in [1.807, 2.05) is 30.3 Å². The molecule has 0 atom stereocenters. The van der Waals surface area contributed by atoms with Crippen molar-refractivity contribution in [3.05, 3.63) is 60.1 Å². The minimum absolute atomic E-state index is 0.0300. The van der Waals surface area contributed by atoms with E-state index >= 15 is 0 Å². The third kappa shape index (κ3) is 2.65. The Morgan fingerprint density at radius 2 is 2.15 bits per heavy atom. The monoisotopic (exact) mass is 268 g/mol. The highest BCUT2D eigenvalue weighted by Crippen LogP contribution is 2.22. The summed E-state index contributed by atoms with van der Waals surface area (Å²) >= 11 is 0. The van der Waals surface area contributed by atoms with Gasteiger partial charge >= 0.3 is 0 Å². The van der Waals surface area contributed by atoms with Crippen molar-refractivity contribution < 1.29 is 9.21 Å². The first kappa shape index (κ1) is 12.7. The number of nitrogens with one attached hydrogen (secondary N) is 1. The summed E-state index contributed by atoms with van der Waals surface area (Å²) in [6, 6.07) is 11.6. The van der Waals surface area contributed by atoms with Crippen LogP contribution in [0.4, 0.5) is 5.69 Å². The average molecular weight is 268 g/mol. The molecule has 0 bridgehead atoms. The molecule has 1 aromatic heterocycles. The average Bonchev–Trinajstić information content (AvgIpc) is 2.90. The SMILES string of the molecule is O=C(C=Cc1ccco1)N1CCNCc2ccccc21. The van der Waals surface area contributed by atoms with Crippen LogP contribution in [0.2, 0.25) is 0 Å². The summed E-state index contributed by atoms with van der Waals surface area (Å²) in [7, 11) is 0. The van der Waals surface area contributed by atoms with Crippen LogP contribution >= 0.6 is 0 Å². The topological polar surface area (TPSA) is 45.5 Å². The van der Waals surface area contributed by atoms with Gasteiger partial charge < -0.3 is 14.6 Å². The molecule has 3 rings (SSSR count). The molecule has 0 radical (unpaired) electrons. The largest absolute Gasteiger partial charge is 0.465 e. The molecule has 2 aromatic rings. The maximum Gasteiger partial charge on any atom is 0.251 e. The number of benzene rings is 1. The fourth-order valence-corrected chi connectivity index (χ4v) is 2.32. The lowest BCUT2D eigenvalue weighted by Crippen LogP contribution is -2.33. The maximum absolute atomic E-state index is 12.4. The molecule has 2 heterocycles. The van der Waals surface area contributed by atoms with Crippen molar-refractivity contribution in [2.75, 3.05) is 18.0 Å². The molecule has 1 N–H and O–H groups in total. The second-order valence-electron chi connectivity index (χ2n) is 4.64. The van der Waals surface area contributed by atoms with Gasteiger partial charge in [0.2, 0.25) is 0 Å². The molecule has 0 saturated carbocycles. The van der Waals surface area contributed by atoms with E-state index in [0.29, 0.717) is 12.3 Å². The van der Waals surface area contributed by atoms with Gasteiger partial charge in [-0.15, -0.1) is 0 Å². The summed E-state index contributed by atoms with van der Waals surface area (Å²) < 4.78 is 5.20. The third-order valence-electron chi connectivity index (χ3n) is 3.31. The number of furan rings is 1. The maximum atomic E-state index is 12.4. The number of hydrogen-bond acceptors (Lipinski definition) is 3. The molecule has 1 aromatic carbocycles. The molecule has 0 saturated heterocycles. The molecule has 1 aliphatic rings. The van der Waals surface area contributed by atoms with Crippen LogP contribution in [0.15, 0.2) is 53.2 Å². The zero-order valence-corrected chi connectivity index (χ0v) is 11.1. The molecule has 1 aliphatic heterocycles. The highest BCUT2D eigenvalue weighted by Gasteiger charge is 2.18. The summed E-state index contributed by atoms with van der Waals surface area (Å²) in [5.41, 5.74) is 2.12. The highest BCUT2D eigenvalue weighted by molar-refractivity contribution is 6.04. The molecule has 0 unspecified atom stereocenters. The van der Waals surface area contributed by atoms with Gasteiger partial charge in [-0.25, -0.2) is 0 Å². The standard InChI is InChI=1S/C16H16N2O2/c19-16(8-7-14-5-3-11-20-14)18-10-9-17-12-13-4-1-2-6-15(13)18/h1-8,11,17H,9-10,12H2. The number of rotatable bonds is 2. The van der Waals surface area contributed by atoms with Crippen molar-refractivity contribution in [2.45, 2.75) is 6.54 Å². The van der Waals surface area contributed by atoms with Crippen LogP contribution in [0.25, 0.3) is 6.08 Å². The van der Waals surface area contributed by atoms with E-state index < -0.39 is 0 Å². The molecule has 4 heteroatoms. The van der Waals surface area contributed by atoms with Crippen LogP contribution in [0, 0.1) is 0 Å². The first-order valence-electron chi connectivity index (χ1n) is 6.66. The second-order valence-corrected chi connectivity index (χ2v) is 4.64. The van der Waals surface area contributed by atoms with Crippen LogP contribution in [0.5, 0.6) is 0 Å². The van der Waals surface area contributed by atoms with Crippen molar-refractivity contribution in [3.63, 3.8) is 0 Å². The van der Waals surface area contributed by atoms with Gasteiger partial charge in [0.05, 0.1) is 6.26 Å². The summed E-state index contributed by atoms with van der Waals surface area (Å²) in [5.74, 6) is 0.650. The van der Waals surface area contributed by atoms with E-state index in [1.54, 1.807) is 29.4 Å². The lowest BCUT2D eigenvalue weighted by atomic mass is 10.1. The smallest absolute Gasteiger partial charge is 0.251 e. The van der Waals surface area contributed by atoms with Crippen molar-refractivity contribution in [2.24, 2.45) is 0 Å². The Kier molecular flexibility index (Phi) is 3.65. The minimum atomic E-state index is -0.0300. The van der Waals surface area contributed by atoms with Crippen molar-refractivity contribution in [1.82, 2.24) is 5.32 Å². The number of hydrogen-bond donors (Lipinski definition) is 1. The summed E-state index contributed by atoms with van der Waals surface area (Å²) in [6.45, 7) is 2.25. The molecule has 0 spiro atoms. The van der Waals surface area contributed by atoms with E-state index in [0.717, 1.165) is 24.3 Å². The molecule has 0 aliphatic carbocycles. The molecular formula is C16H16N2O2. The van der Waals surface area contributed by atoms with E-state index in [-0.39, 0.29) is 5.91 Å². The fourth-order valence-electron chi connectivity index (χ4n) is 2.32. The minimum Gasteiger partial charge on any atom is -0.465 e. The number of fused-ring (bicyclic) bond motifs is 1. The Morgan fingerprint density at radius 1 is 1.25 bits per heavy atom. The first-order chi connectivity index (χ1) is 9.84. The van der Waals surface area contributed by atoms with Gasteiger partial charge in [-0.3, -0.25) is 4.79 Å². The Balaban J connectivity index is 1.84. The van der Waals surface area contributed by atoms with Crippen LogP contribution in [-0.4, -0.2) is 19.0 Å². The number of anilines is 1. The molecule has 4 nitrogen and oxygen atoms in total. The van der Waals surface area contributed by atoms with Crippen LogP contribution in [0.3, 0.4) is 0 Å². The Labute approximate surface area is 117 Å². The lowest BCUT2D eigenvalue weighted by molar-refractivity contribution is -0.114. The van der Waals surface area contributed by atoms with Crippen molar-refractivity contribution >= 4 is 17.7 Å². The quantitative estimate of drug-likeness (QED) is 0.851. The fraction of sp³-hybridized carbons (Fsp3) is 0.188. The van der Waals surface area contributed by atoms with Crippen LogP contribution < -0.4 is 10.2 Å². The number of nitrogens with zero attached hydrogens (tertiary/aromatic N) is 1. The number of amides is 1. The normalized spacial score (nSPS) is 15.1. The highest BCUT2D eigenvalue weighted by atomic mass is 16.3. The van der Waals surface area contributed by atoms with E-state index in [2.05, 4.69) is 5.32 Å². The lowest BCUT2D eigenvalue weighted by Gasteiger charge is -2.20. The Bertz CT molecular complexity index is 617. The molecule has 102 valence electrons. The van der Waals surface area contributed by atoms with Crippen molar-refractivity contribution in [3.8, 4) is 0 Å². The summed E-state index contributed by atoms with van der Waals surface area (Å²) in [5, 5.41) is 3.32. The van der Waals surface area contributed by atoms with E-state index in [4.69, 9.17) is 4.42 Å². The van der Waals surface area contributed by atoms with Crippen LogP contribution in [0.1, 0.15) is 11.3 Å². The predicted octanol–water partition coefficient (Wildman–Crippen LogP) is 2.43. The summed E-state index contributed by atoms with van der Waals surface area (Å²) in [4.78, 5) is 14.2. The third-order valence-corrected chi connectivity index (χ3v) is 3.31. The van der Waals surface area contributed by atoms with Crippen molar-refractivity contribution in [1.29, 1.82) is 0 Å². The molecule has 20 heavy (non-hydrogen) atoms. The number of carbonyl (C=O) groups is 1. The number of carbonyl (C=O) groups excluding carboxylic acids is 1. The zero-order chi connectivity index (χ0) is 13.8. The van der Waals surface area contributed by atoms with Gasteiger partial charge in [0.25, 0.3) is 5.91 Å². The van der Waals surface area contributed by atoms with Gasteiger partial charge in [0.1, 0.15) is 5.76 Å². The van der Waals surface area contributed by atoms with Crippen LogP contribution in [-0.2, 0) is 11.3 Å². The van der Waals surface area contributed by atoms with Gasteiger partial charge in [-0.2, -0.15) is 0 Å². The predicted molar refractivity (Wildman–Crippen MR) is 78.2 cm³/mol. The zero-order valence-electron chi connectivity index (χ0n) is 11.1. The van der Waals surface area contributed by atoms with E-state index in [9.17, 15) is 4.79 Å². The molecular weight excluding hydrogens is 252 g/mol. The Hall–Kier alpha value is -2.33.